The SMILES string of the molecule is CCCNC(c1nn(C)c2ccccc12)C(C)CCC. The number of hydrogen-bond donors (Lipinski definition) is 1. The van der Waals surface area contributed by atoms with E-state index in [4.69, 9.17) is 5.10 Å². The van der Waals surface area contributed by atoms with Crippen molar-refractivity contribution < 1.29 is 0 Å². The van der Waals surface area contributed by atoms with Crippen LogP contribution in [0.1, 0.15) is 51.8 Å². The summed E-state index contributed by atoms with van der Waals surface area (Å²) in [6.07, 6.45) is 3.60. The number of hydrogen-bond acceptors (Lipinski definition) is 2. The molecule has 0 saturated heterocycles. The van der Waals surface area contributed by atoms with Gasteiger partial charge in [0.1, 0.15) is 0 Å². The first-order chi connectivity index (χ1) is 9.69. The van der Waals surface area contributed by atoms with Gasteiger partial charge in [0.25, 0.3) is 0 Å². The van der Waals surface area contributed by atoms with Gasteiger partial charge in [-0.3, -0.25) is 4.68 Å². The summed E-state index contributed by atoms with van der Waals surface area (Å²) in [5.74, 6) is 0.602. The third kappa shape index (κ3) is 3.04. The molecule has 0 fully saturated rings. The van der Waals surface area contributed by atoms with E-state index in [1.165, 1.54) is 29.4 Å². The Bertz CT molecular complexity index is 544. The highest BCUT2D eigenvalue weighted by Crippen LogP contribution is 2.30. The second-order valence-corrected chi connectivity index (χ2v) is 5.72. The van der Waals surface area contributed by atoms with Crippen molar-refractivity contribution in [2.24, 2.45) is 13.0 Å². The molecular weight excluding hydrogens is 246 g/mol. The molecule has 2 aromatic rings. The van der Waals surface area contributed by atoms with Crippen LogP contribution >= 0.6 is 0 Å². The van der Waals surface area contributed by atoms with Crippen molar-refractivity contribution in [3.63, 3.8) is 0 Å². The number of aromatic nitrogens is 2. The number of nitrogens with one attached hydrogen (secondary N) is 1. The maximum atomic E-state index is 4.80. The van der Waals surface area contributed by atoms with Crippen molar-refractivity contribution in [3.8, 4) is 0 Å². The molecule has 3 nitrogen and oxygen atoms in total. The minimum atomic E-state index is 0.348. The van der Waals surface area contributed by atoms with Crippen LogP contribution < -0.4 is 5.32 Å². The highest BCUT2D eigenvalue weighted by molar-refractivity contribution is 5.82. The second kappa shape index (κ2) is 6.89. The van der Waals surface area contributed by atoms with Gasteiger partial charge in [0.05, 0.1) is 17.3 Å². The first-order valence-electron chi connectivity index (χ1n) is 7.84. The molecule has 0 spiro atoms. The monoisotopic (exact) mass is 273 g/mol. The van der Waals surface area contributed by atoms with Crippen LogP contribution in [0.3, 0.4) is 0 Å². The van der Waals surface area contributed by atoms with E-state index in [1.54, 1.807) is 0 Å². The van der Waals surface area contributed by atoms with Crippen molar-refractivity contribution in [2.75, 3.05) is 6.54 Å². The molecule has 0 amide bonds. The van der Waals surface area contributed by atoms with E-state index in [9.17, 15) is 0 Å². The van der Waals surface area contributed by atoms with Gasteiger partial charge in [0.15, 0.2) is 0 Å². The van der Waals surface area contributed by atoms with Gasteiger partial charge in [-0.15, -0.1) is 0 Å². The normalized spacial score (nSPS) is 14.6. The van der Waals surface area contributed by atoms with Crippen molar-refractivity contribution in [1.29, 1.82) is 0 Å². The fraction of sp³-hybridized carbons (Fsp3) is 0.588. The summed E-state index contributed by atoms with van der Waals surface area (Å²) in [5, 5.41) is 9.78. The summed E-state index contributed by atoms with van der Waals surface area (Å²) in [6, 6.07) is 8.87. The highest BCUT2D eigenvalue weighted by Gasteiger charge is 2.23. The lowest BCUT2D eigenvalue weighted by atomic mass is 9.92. The Hall–Kier alpha value is -1.35. The average molecular weight is 273 g/mol. The summed E-state index contributed by atoms with van der Waals surface area (Å²) in [4.78, 5) is 0. The van der Waals surface area contributed by atoms with Crippen LogP contribution in [0, 0.1) is 5.92 Å². The molecule has 3 heteroatoms. The molecule has 0 bridgehead atoms. The third-order valence-corrected chi connectivity index (χ3v) is 4.01. The fourth-order valence-corrected chi connectivity index (χ4v) is 2.96. The molecular formula is C17H27N3. The lowest BCUT2D eigenvalue weighted by Gasteiger charge is -2.23. The first kappa shape index (κ1) is 15.0. The van der Waals surface area contributed by atoms with Gasteiger partial charge in [-0.1, -0.05) is 45.4 Å². The Balaban J connectivity index is 2.39. The van der Waals surface area contributed by atoms with Gasteiger partial charge < -0.3 is 5.32 Å². The highest BCUT2D eigenvalue weighted by atomic mass is 15.3. The number of fused-ring (bicyclic) bond motifs is 1. The smallest absolute Gasteiger partial charge is 0.0875 e. The van der Waals surface area contributed by atoms with Gasteiger partial charge >= 0.3 is 0 Å². The van der Waals surface area contributed by atoms with Gasteiger partial charge in [0, 0.05) is 12.4 Å². The molecule has 2 unspecified atom stereocenters. The van der Waals surface area contributed by atoms with Gasteiger partial charge in [0.2, 0.25) is 0 Å². The predicted octanol–water partition coefficient (Wildman–Crippen LogP) is 4.05. The molecule has 110 valence electrons. The number of rotatable bonds is 7. The lowest BCUT2D eigenvalue weighted by Crippen LogP contribution is -2.28. The summed E-state index contributed by atoms with van der Waals surface area (Å²) >= 11 is 0. The topological polar surface area (TPSA) is 29.9 Å². The number of nitrogens with zero attached hydrogens (tertiary/aromatic N) is 2. The van der Waals surface area contributed by atoms with Gasteiger partial charge in [-0.05, 0) is 31.4 Å². The summed E-state index contributed by atoms with van der Waals surface area (Å²) in [5.41, 5.74) is 2.42. The number of para-hydroxylation sites is 1. The second-order valence-electron chi connectivity index (χ2n) is 5.72. The van der Waals surface area contributed by atoms with E-state index < -0.39 is 0 Å². The fourth-order valence-electron chi connectivity index (χ4n) is 2.96. The largest absolute Gasteiger partial charge is 0.308 e. The summed E-state index contributed by atoms with van der Waals surface area (Å²) in [6.45, 7) is 7.85. The molecule has 0 saturated carbocycles. The predicted molar refractivity (Wildman–Crippen MR) is 85.8 cm³/mol. The third-order valence-electron chi connectivity index (χ3n) is 4.01. The maximum absolute atomic E-state index is 4.80. The van der Waals surface area contributed by atoms with E-state index in [1.807, 2.05) is 11.7 Å². The lowest BCUT2D eigenvalue weighted by molar-refractivity contribution is 0.356. The van der Waals surface area contributed by atoms with Crippen molar-refractivity contribution in [3.05, 3.63) is 30.0 Å². The van der Waals surface area contributed by atoms with Crippen molar-refractivity contribution in [2.45, 2.75) is 46.1 Å². The van der Waals surface area contributed by atoms with E-state index >= 15 is 0 Å². The number of aryl methyl sites for hydroxylation is 1. The maximum Gasteiger partial charge on any atom is 0.0875 e. The Morgan fingerprint density at radius 3 is 2.65 bits per heavy atom. The van der Waals surface area contributed by atoms with E-state index in [0.717, 1.165) is 13.0 Å². The molecule has 0 aliphatic heterocycles. The van der Waals surface area contributed by atoms with Gasteiger partial charge in [-0.25, -0.2) is 0 Å². The zero-order valence-corrected chi connectivity index (χ0v) is 13.2. The minimum absolute atomic E-state index is 0.348. The molecule has 1 aromatic heterocycles. The zero-order chi connectivity index (χ0) is 14.5. The molecule has 1 heterocycles. The average Bonchev–Trinajstić information content (AvgIpc) is 2.78. The molecule has 2 rings (SSSR count). The molecule has 20 heavy (non-hydrogen) atoms. The van der Waals surface area contributed by atoms with Crippen LogP contribution in [0.5, 0.6) is 0 Å². The van der Waals surface area contributed by atoms with Crippen LogP contribution in [0.15, 0.2) is 24.3 Å². The van der Waals surface area contributed by atoms with E-state index in [2.05, 4.69) is 50.4 Å². The van der Waals surface area contributed by atoms with Crippen LogP contribution in [0.4, 0.5) is 0 Å². The Kier molecular flexibility index (Phi) is 5.18. The first-order valence-corrected chi connectivity index (χ1v) is 7.84. The standard InChI is InChI=1S/C17H27N3/c1-5-9-13(3)16(18-12-6-2)17-14-10-7-8-11-15(14)20(4)19-17/h7-8,10-11,13,16,18H,5-6,9,12H2,1-4H3. The van der Waals surface area contributed by atoms with Gasteiger partial charge in [-0.2, -0.15) is 5.10 Å². The van der Waals surface area contributed by atoms with E-state index in [-0.39, 0.29) is 0 Å². The summed E-state index contributed by atoms with van der Waals surface area (Å²) in [7, 11) is 2.03. The molecule has 2 atom stereocenters. The van der Waals surface area contributed by atoms with Crippen LogP contribution in [0.2, 0.25) is 0 Å². The van der Waals surface area contributed by atoms with Crippen molar-refractivity contribution in [1.82, 2.24) is 15.1 Å². The Labute approximate surface area is 122 Å². The van der Waals surface area contributed by atoms with Crippen LogP contribution in [-0.4, -0.2) is 16.3 Å². The molecule has 0 aliphatic rings. The number of benzene rings is 1. The van der Waals surface area contributed by atoms with Crippen molar-refractivity contribution >= 4 is 10.9 Å². The summed E-state index contributed by atoms with van der Waals surface area (Å²) < 4.78 is 2.00. The quantitative estimate of drug-likeness (QED) is 0.824. The Morgan fingerprint density at radius 2 is 1.95 bits per heavy atom. The van der Waals surface area contributed by atoms with Crippen LogP contribution in [-0.2, 0) is 7.05 Å². The molecule has 1 aromatic carbocycles. The van der Waals surface area contributed by atoms with Crippen LogP contribution in [0.25, 0.3) is 10.9 Å². The molecule has 1 N–H and O–H groups in total. The minimum Gasteiger partial charge on any atom is -0.308 e. The Morgan fingerprint density at radius 1 is 1.20 bits per heavy atom. The molecule has 0 aliphatic carbocycles. The zero-order valence-electron chi connectivity index (χ0n) is 13.2. The molecule has 0 radical (unpaired) electrons. The van der Waals surface area contributed by atoms with E-state index in [0.29, 0.717) is 12.0 Å².